The number of pyridine rings is 1. The first-order chi connectivity index (χ1) is 15.0. The van der Waals surface area contributed by atoms with Gasteiger partial charge in [0.2, 0.25) is 0 Å². The number of thiophene rings is 1. The van der Waals surface area contributed by atoms with Crippen LogP contribution in [0.15, 0.2) is 65.5 Å². The van der Waals surface area contributed by atoms with Crippen molar-refractivity contribution in [3.05, 3.63) is 93.8 Å². The lowest BCUT2D eigenvalue weighted by Gasteiger charge is -2.28. The van der Waals surface area contributed by atoms with E-state index in [1.165, 1.54) is 12.1 Å². The molecule has 0 aliphatic carbocycles. The molecule has 2 aromatic heterocycles. The monoisotopic (exact) mass is 437 g/mol. The van der Waals surface area contributed by atoms with E-state index in [4.69, 9.17) is 0 Å². The number of anilines is 1. The Balaban J connectivity index is 1.79. The molecule has 5 nitrogen and oxygen atoms in total. The molecular formula is C23H17F2N3O2S. The van der Waals surface area contributed by atoms with Gasteiger partial charge in [0.1, 0.15) is 27.2 Å². The number of hydrogen-bond donors (Lipinski definition) is 2. The van der Waals surface area contributed by atoms with E-state index in [0.717, 1.165) is 41.1 Å². The molecule has 4 aromatic rings. The first-order valence-electron chi connectivity index (χ1n) is 9.74. The van der Waals surface area contributed by atoms with Gasteiger partial charge < -0.3 is 10.6 Å². The number of benzene rings is 2. The minimum atomic E-state index is -0.850. The Morgan fingerprint density at radius 2 is 1.71 bits per heavy atom. The molecule has 1 aliphatic heterocycles. The molecule has 0 spiro atoms. The molecule has 156 valence electrons. The number of halogens is 2. The van der Waals surface area contributed by atoms with Gasteiger partial charge in [-0.15, -0.1) is 0 Å². The summed E-state index contributed by atoms with van der Waals surface area (Å²) >= 11 is 1.15. The van der Waals surface area contributed by atoms with E-state index < -0.39 is 22.9 Å². The summed E-state index contributed by atoms with van der Waals surface area (Å²) in [5.74, 6) is -1.92. The zero-order valence-corrected chi connectivity index (χ0v) is 17.0. The van der Waals surface area contributed by atoms with Crippen molar-refractivity contribution < 1.29 is 13.6 Å². The average Bonchev–Trinajstić information content (AvgIpc) is 3.10. The van der Waals surface area contributed by atoms with Crippen LogP contribution in [0.2, 0.25) is 0 Å². The largest absolute Gasteiger partial charge is 0.371 e. The maximum Gasteiger partial charge on any atom is 0.256 e. The molecule has 31 heavy (non-hydrogen) atoms. The number of carbonyl (C=O) groups is 1. The molecule has 1 fully saturated rings. The SMILES string of the molecule is O=C(c1ccccc1)c1c(NC2CNC2)sc2c1ccc(=O)n2-c1c(F)cccc1F. The van der Waals surface area contributed by atoms with Gasteiger partial charge >= 0.3 is 0 Å². The second kappa shape index (κ2) is 7.72. The summed E-state index contributed by atoms with van der Waals surface area (Å²) in [5, 5.41) is 7.55. The lowest BCUT2D eigenvalue weighted by molar-refractivity contribution is 0.104. The molecule has 2 aromatic carbocycles. The Labute approximate surface area is 180 Å². The molecule has 1 aliphatic rings. The first kappa shape index (κ1) is 19.6. The van der Waals surface area contributed by atoms with Crippen LogP contribution in [0.1, 0.15) is 15.9 Å². The van der Waals surface area contributed by atoms with E-state index in [2.05, 4.69) is 10.6 Å². The molecule has 0 atom stereocenters. The third-order valence-corrected chi connectivity index (χ3v) is 6.40. The minimum absolute atomic E-state index is 0.126. The summed E-state index contributed by atoms with van der Waals surface area (Å²) < 4.78 is 30.1. The molecule has 0 radical (unpaired) electrons. The summed E-state index contributed by atoms with van der Waals surface area (Å²) in [6.45, 7) is 1.48. The number of nitrogens with zero attached hydrogens (tertiary/aromatic N) is 1. The lowest BCUT2D eigenvalue weighted by atomic mass is 10.0. The maximum absolute atomic E-state index is 14.6. The highest BCUT2D eigenvalue weighted by molar-refractivity contribution is 7.23. The molecular weight excluding hydrogens is 420 g/mol. The van der Waals surface area contributed by atoms with Crippen molar-refractivity contribution in [3.8, 4) is 5.69 Å². The molecule has 2 N–H and O–H groups in total. The van der Waals surface area contributed by atoms with E-state index in [0.29, 0.717) is 26.3 Å². The van der Waals surface area contributed by atoms with Crippen molar-refractivity contribution in [2.45, 2.75) is 6.04 Å². The number of aromatic nitrogens is 1. The molecule has 3 heterocycles. The van der Waals surface area contributed by atoms with Gasteiger partial charge in [0.15, 0.2) is 5.78 Å². The Morgan fingerprint density at radius 3 is 2.35 bits per heavy atom. The van der Waals surface area contributed by atoms with Gasteiger partial charge in [-0.3, -0.25) is 14.2 Å². The fraction of sp³-hybridized carbons (Fsp3) is 0.130. The lowest BCUT2D eigenvalue weighted by Crippen LogP contribution is -2.51. The van der Waals surface area contributed by atoms with Gasteiger partial charge in [0.05, 0.1) is 11.6 Å². The van der Waals surface area contributed by atoms with Crippen LogP contribution in [0.3, 0.4) is 0 Å². The van der Waals surface area contributed by atoms with Crippen molar-refractivity contribution in [1.82, 2.24) is 9.88 Å². The highest BCUT2D eigenvalue weighted by atomic mass is 32.1. The topological polar surface area (TPSA) is 63.1 Å². The predicted molar refractivity (Wildman–Crippen MR) is 117 cm³/mol. The number of para-hydroxylation sites is 1. The number of fused-ring (bicyclic) bond motifs is 1. The molecule has 0 saturated carbocycles. The Bertz CT molecular complexity index is 1340. The zero-order chi connectivity index (χ0) is 21.5. The minimum Gasteiger partial charge on any atom is -0.371 e. The summed E-state index contributed by atoms with van der Waals surface area (Å²) in [6, 6.07) is 15.2. The Hall–Kier alpha value is -3.36. The fourth-order valence-electron chi connectivity index (χ4n) is 3.63. The quantitative estimate of drug-likeness (QED) is 0.464. The summed E-state index contributed by atoms with van der Waals surface area (Å²) in [7, 11) is 0. The van der Waals surface area contributed by atoms with E-state index in [1.54, 1.807) is 30.3 Å². The van der Waals surface area contributed by atoms with Gasteiger partial charge in [0, 0.05) is 30.1 Å². The summed E-state index contributed by atoms with van der Waals surface area (Å²) in [6.07, 6.45) is 0. The Kier molecular flexibility index (Phi) is 4.88. The van der Waals surface area contributed by atoms with Gasteiger partial charge in [-0.25, -0.2) is 8.78 Å². The first-order valence-corrected chi connectivity index (χ1v) is 10.6. The second-order valence-electron chi connectivity index (χ2n) is 7.30. The number of carbonyl (C=O) groups excluding carboxylic acids is 1. The van der Waals surface area contributed by atoms with Crippen LogP contribution in [0.25, 0.3) is 15.9 Å². The highest BCUT2D eigenvalue weighted by Gasteiger charge is 2.27. The smallest absolute Gasteiger partial charge is 0.256 e. The van der Waals surface area contributed by atoms with Crippen LogP contribution in [0.4, 0.5) is 13.8 Å². The van der Waals surface area contributed by atoms with Crippen LogP contribution >= 0.6 is 11.3 Å². The number of rotatable bonds is 5. The van der Waals surface area contributed by atoms with Gasteiger partial charge in [-0.1, -0.05) is 47.7 Å². The van der Waals surface area contributed by atoms with E-state index >= 15 is 0 Å². The molecule has 1 saturated heterocycles. The molecule has 5 rings (SSSR count). The van der Waals surface area contributed by atoms with Crippen molar-refractivity contribution >= 4 is 32.3 Å². The number of nitrogens with one attached hydrogen (secondary N) is 2. The molecule has 0 amide bonds. The highest BCUT2D eigenvalue weighted by Crippen LogP contribution is 2.38. The average molecular weight is 437 g/mol. The maximum atomic E-state index is 14.6. The van der Waals surface area contributed by atoms with Crippen molar-refractivity contribution in [3.63, 3.8) is 0 Å². The summed E-state index contributed by atoms with van der Waals surface area (Å²) in [5.41, 5.74) is -0.140. The van der Waals surface area contributed by atoms with Crippen LogP contribution in [0.5, 0.6) is 0 Å². The van der Waals surface area contributed by atoms with Gasteiger partial charge in [-0.05, 0) is 18.2 Å². The fourth-order valence-corrected chi connectivity index (χ4v) is 4.91. The van der Waals surface area contributed by atoms with Crippen molar-refractivity contribution in [2.24, 2.45) is 0 Å². The summed E-state index contributed by atoms with van der Waals surface area (Å²) in [4.78, 5) is 26.4. The van der Waals surface area contributed by atoms with Crippen molar-refractivity contribution in [2.75, 3.05) is 18.4 Å². The van der Waals surface area contributed by atoms with Gasteiger partial charge in [0.25, 0.3) is 5.56 Å². The van der Waals surface area contributed by atoms with Crippen LogP contribution in [-0.2, 0) is 0 Å². The molecule has 0 unspecified atom stereocenters. The van der Waals surface area contributed by atoms with Crippen molar-refractivity contribution in [1.29, 1.82) is 0 Å². The third kappa shape index (κ3) is 3.34. The number of hydrogen-bond acceptors (Lipinski definition) is 5. The zero-order valence-electron chi connectivity index (χ0n) is 16.2. The van der Waals surface area contributed by atoms with E-state index in [-0.39, 0.29) is 11.8 Å². The standard InChI is InChI=1S/C23H17F2N3O2S/c24-16-7-4-8-17(25)20(16)28-18(29)10-9-15-19(21(30)13-5-2-1-3-6-13)22(31-23(15)28)27-14-11-26-12-14/h1-10,14,26-27H,11-12H2. The third-order valence-electron chi connectivity index (χ3n) is 5.28. The Morgan fingerprint density at radius 1 is 1.00 bits per heavy atom. The van der Waals surface area contributed by atoms with E-state index in [1.807, 2.05) is 6.07 Å². The van der Waals surface area contributed by atoms with Crippen LogP contribution in [-0.4, -0.2) is 29.5 Å². The van der Waals surface area contributed by atoms with Gasteiger partial charge in [-0.2, -0.15) is 0 Å². The molecule has 8 heteroatoms. The van der Waals surface area contributed by atoms with Crippen LogP contribution < -0.4 is 16.2 Å². The van der Waals surface area contributed by atoms with E-state index in [9.17, 15) is 18.4 Å². The second-order valence-corrected chi connectivity index (χ2v) is 8.30. The predicted octanol–water partition coefficient (Wildman–Crippen LogP) is 3.95. The number of ketones is 1. The normalized spacial score (nSPS) is 13.9. The molecule has 0 bridgehead atoms. The van der Waals surface area contributed by atoms with Crippen LogP contribution in [0, 0.1) is 11.6 Å².